The number of alkyl halides is 3. The van der Waals surface area contributed by atoms with Gasteiger partial charge in [-0.2, -0.15) is 13.2 Å². The second-order valence-corrected chi connectivity index (χ2v) is 13.5. The molecule has 0 amide bonds. The van der Waals surface area contributed by atoms with Gasteiger partial charge >= 0.3 is 12.1 Å². The SMILES string of the molecule is O=C(O)c1ccc(-n2cc(-c3ccc(Cl)cc3Cl)nc2Cc2ccc(-c3ccc(NS(=O)(=O)c4cccc(C(F)(F)F)c4)cc3)cc2)cc1. The van der Waals surface area contributed by atoms with Crippen LogP contribution >= 0.6 is 23.2 Å². The topological polar surface area (TPSA) is 101 Å². The van der Waals surface area contributed by atoms with Crippen LogP contribution in [-0.4, -0.2) is 29.0 Å². The first-order chi connectivity index (χ1) is 23.3. The van der Waals surface area contributed by atoms with Crippen molar-refractivity contribution in [1.82, 2.24) is 9.55 Å². The molecule has 0 bridgehead atoms. The second kappa shape index (κ2) is 13.4. The van der Waals surface area contributed by atoms with E-state index >= 15 is 0 Å². The summed E-state index contributed by atoms with van der Waals surface area (Å²) in [5, 5.41) is 10.3. The fraction of sp³-hybridized carbons (Fsp3) is 0.0556. The normalized spacial score (nSPS) is 11.8. The Morgan fingerprint density at radius 3 is 2.10 bits per heavy atom. The van der Waals surface area contributed by atoms with E-state index in [-0.39, 0.29) is 11.3 Å². The van der Waals surface area contributed by atoms with Crippen molar-refractivity contribution in [3.63, 3.8) is 0 Å². The largest absolute Gasteiger partial charge is 0.478 e. The highest BCUT2D eigenvalue weighted by molar-refractivity contribution is 7.92. The standard InChI is InChI=1S/C36H24Cl2F3N3O4S/c37-27-12-17-31(32(38)20-27)33-21-44(29-15-10-25(11-16-29)35(45)46)34(42-33)18-22-4-6-23(7-5-22)24-8-13-28(14-9-24)43-49(47,48)30-3-1-2-26(19-30)36(39,40)41/h1-17,19-21,43H,18H2,(H,45,46). The van der Waals surface area contributed by atoms with Gasteiger partial charge in [0.1, 0.15) is 5.82 Å². The number of carbonyl (C=O) groups is 1. The fourth-order valence-electron chi connectivity index (χ4n) is 5.14. The van der Waals surface area contributed by atoms with Crippen LogP contribution in [-0.2, 0) is 22.6 Å². The van der Waals surface area contributed by atoms with Crippen LogP contribution in [0.4, 0.5) is 18.9 Å². The van der Waals surface area contributed by atoms with Crippen molar-refractivity contribution in [3.8, 4) is 28.1 Å². The lowest BCUT2D eigenvalue weighted by atomic mass is 10.0. The number of anilines is 1. The van der Waals surface area contributed by atoms with Gasteiger partial charge in [0.25, 0.3) is 10.0 Å². The third kappa shape index (κ3) is 7.64. The molecule has 0 unspecified atom stereocenters. The van der Waals surface area contributed by atoms with Crippen molar-refractivity contribution in [2.75, 3.05) is 4.72 Å². The maximum absolute atomic E-state index is 13.1. The van der Waals surface area contributed by atoms with Gasteiger partial charge in [-0.15, -0.1) is 0 Å². The first-order valence-corrected chi connectivity index (χ1v) is 16.8. The van der Waals surface area contributed by atoms with Gasteiger partial charge in [-0.05, 0) is 89.5 Å². The number of rotatable bonds is 9. The Hall–Kier alpha value is -5.10. The maximum Gasteiger partial charge on any atom is 0.416 e. The number of hydrogen-bond donors (Lipinski definition) is 2. The number of benzene rings is 5. The second-order valence-electron chi connectivity index (χ2n) is 11.0. The van der Waals surface area contributed by atoms with Gasteiger partial charge < -0.3 is 9.67 Å². The Morgan fingerprint density at radius 2 is 1.49 bits per heavy atom. The van der Waals surface area contributed by atoms with Crippen molar-refractivity contribution < 1.29 is 31.5 Å². The minimum atomic E-state index is -4.67. The summed E-state index contributed by atoms with van der Waals surface area (Å²) in [5.74, 6) is -0.355. The molecule has 0 saturated heterocycles. The molecule has 2 N–H and O–H groups in total. The highest BCUT2D eigenvalue weighted by Gasteiger charge is 2.31. The van der Waals surface area contributed by atoms with Crippen molar-refractivity contribution in [2.24, 2.45) is 0 Å². The highest BCUT2D eigenvalue weighted by atomic mass is 35.5. The van der Waals surface area contributed by atoms with Crippen LogP contribution in [0.15, 0.2) is 126 Å². The van der Waals surface area contributed by atoms with E-state index in [4.69, 9.17) is 28.2 Å². The number of nitrogens with zero attached hydrogens (tertiary/aromatic N) is 2. The first kappa shape index (κ1) is 33.8. The molecule has 248 valence electrons. The zero-order valence-electron chi connectivity index (χ0n) is 25.1. The highest BCUT2D eigenvalue weighted by Crippen LogP contribution is 2.33. The predicted octanol–water partition coefficient (Wildman–Crippen LogP) is 9.62. The Labute approximate surface area is 289 Å². The molecule has 0 saturated carbocycles. The lowest BCUT2D eigenvalue weighted by Gasteiger charge is -2.12. The number of hydrogen-bond acceptors (Lipinski definition) is 4. The van der Waals surface area contributed by atoms with Gasteiger partial charge in [0.15, 0.2) is 0 Å². The summed E-state index contributed by atoms with van der Waals surface area (Å²) in [6, 6.07) is 29.3. The Balaban J connectivity index is 1.22. The van der Waals surface area contributed by atoms with E-state index in [1.165, 1.54) is 24.3 Å². The summed E-state index contributed by atoms with van der Waals surface area (Å²) < 4.78 is 69.0. The van der Waals surface area contributed by atoms with Crippen LogP contribution < -0.4 is 4.72 Å². The molecule has 0 aliphatic rings. The van der Waals surface area contributed by atoms with E-state index in [0.29, 0.717) is 45.3 Å². The van der Waals surface area contributed by atoms with E-state index in [1.54, 1.807) is 42.5 Å². The predicted molar refractivity (Wildman–Crippen MR) is 183 cm³/mol. The van der Waals surface area contributed by atoms with Gasteiger partial charge in [0, 0.05) is 34.6 Å². The summed E-state index contributed by atoms with van der Waals surface area (Å²) in [7, 11) is -4.26. The van der Waals surface area contributed by atoms with Crippen LogP contribution in [0.5, 0.6) is 0 Å². The van der Waals surface area contributed by atoms with E-state index in [1.807, 2.05) is 35.0 Å². The number of sulfonamides is 1. The number of halogens is 5. The maximum atomic E-state index is 13.1. The summed E-state index contributed by atoms with van der Waals surface area (Å²) in [6.07, 6.45) is -2.42. The molecule has 49 heavy (non-hydrogen) atoms. The zero-order valence-corrected chi connectivity index (χ0v) is 27.4. The van der Waals surface area contributed by atoms with Crippen molar-refractivity contribution >= 4 is 44.9 Å². The number of imidazole rings is 1. The summed E-state index contributed by atoms with van der Waals surface area (Å²) in [6.45, 7) is 0. The Bertz CT molecular complexity index is 2270. The molecule has 0 aliphatic carbocycles. The molecule has 0 aliphatic heterocycles. The lowest BCUT2D eigenvalue weighted by Crippen LogP contribution is -2.14. The van der Waals surface area contributed by atoms with Gasteiger partial charge in [0.05, 0.1) is 26.7 Å². The van der Waals surface area contributed by atoms with Gasteiger partial charge in [-0.25, -0.2) is 18.2 Å². The minimum Gasteiger partial charge on any atom is -0.478 e. The molecule has 0 spiro atoms. The monoisotopic (exact) mass is 721 g/mol. The van der Waals surface area contributed by atoms with E-state index < -0.39 is 32.6 Å². The van der Waals surface area contributed by atoms with Gasteiger partial charge in [0.2, 0.25) is 0 Å². The molecular formula is C36H24Cl2F3N3O4S. The summed E-state index contributed by atoms with van der Waals surface area (Å²) in [5.41, 5.74) is 3.86. The van der Waals surface area contributed by atoms with Gasteiger partial charge in [-0.3, -0.25) is 4.72 Å². The number of nitrogens with one attached hydrogen (secondary N) is 1. The quantitative estimate of drug-likeness (QED) is 0.155. The molecule has 13 heteroatoms. The lowest BCUT2D eigenvalue weighted by molar-refractivity contribution is -0.137. The van der Waals surface area contributed by atoms with E-state index in [2.05, 4.69) is 4.72 Å². The Kier molecular flexibility index (Phi) is 9.26. The number of carboxylic acid groups (broad SMARTS) is 1. The van der Waals surface area contributed by atoms with Crippen molar-refractivity contribution in [3.05, 3.63) is 154 Å². The van der Waals surface area contributed by atoms with E-state index in [9.17, 15) is 31.5 Å². The smallest absolute Gasteiger partial charge is 0.416 e. The van der Waals surface area contributed by atoms with Crippen LogP contribution in [0.25, 0.3) is 28.1 Å². The molecule has 0 radical (unpaired) electrons. The zero-order chi connectivity index (χ0) is 34.9. The number of aromatic nitrogens is 2. The molecule has 1 heterocycles. The number of aromatic carboxylic acids is 1. The molecule has 5 aromatic carbocycles. The molecule has 6 aromatic rings. The van der Waals surface area contributed by atoms with Crippen LogP contribution in [0.2, 0.25) is 10.0 Å². The van der Waals surface area contributed by atoms with Crippen molar-refractivity contribution in [2.45, 2.75) is 17.5 Å². The molecule has 0 fully saturated rings. The minimum absolute atomic E-state index is 0.156. The van der Waals surface area contributed by atoms with Crippen LogP contribution in [0, 0.1) is 0 Å². The van der Waals surface area contributed by atoms with Gasteiger partial charge in [-0.1, -0.05) is 65.7 Å². The van der Waals surface area contributed by atoms with Crippen LogP contribution in [0.3, 0.4) is 0 Å². The first-order valence-electron chi connectivity index (χ1n) is 14.5. The molecule has 1 aromatic heterocycles. The molecule has 7 nitrogen and oxygen atoms in total. The average Bonchev–Trinajstić information content (AvgIpc) is 3.48. The summed E-state index contributed by atoms with van der Waals surface area (Å²) >= 11 is 12.6. The summed E-state index contributed by atoms with van der Waals surface area (Å²) in [4.78, 5) is 15.8. The molecular weight excluding hydrogens is 698 g/mol. The molecule has 0 atom stereocenters. The third-order valence-corrected chi connectivity index (χ3v) is 9.56. The van der Waals surface area contributed by atoms with Crippen LogP contribution in [0.1, 0.15) is 27.3 Å². The Morgan fingerprint density at radius 1 is 0.837 bits per heavy atom. The number of carboxylic acids is 1. The average molecular weight is 723 g/mol. The molecule has 6 rings (SSSR count). The fourth-order valence-corrected chi connectivity index (χ4v) is 6.75. The third-order valence-electron chi connectivity index (χ3n) is 7.64. The van der Waals surface area contributed by atoms with E-state index in [0.717, 1.165) is 34.9 Å². The van der Waals surface area contributed by atoms with Crippen molar-refractivity contribution in [1.29, 1.82) is 0 Å².